The second kappa shape index (κ2) is 7.63. The molecule has 0 radical (unpaired) electrons. The van der Waals surface area contributed by atoms with Gasteiger partial charge < -0.3 is 29.0 Å². The minimum absolute atomic E-state index is 0.0603. The van der Waals surface area contributed by atoms with Crippen molar-refractivity contribution in [1.29, 1.82) is 0 Å². The topological polar surface area (TPSA) is 103 Å². The number of hydrogen-bond donors (Lipinski definition) is 2. The van der Waals surface area contributed by atoms with E-state index in [9.17, 15) is 4.79 Å². The number of benzene rings is 2. The van der Waals surface area contributed by atoms with Gasteiger partial charge in [0.2, 0.25) is 0 Å². The van der Waals surface area contributed by atoms with E-state index in [0.29, 0.717) is 52.9 Å². The first-order valence-corrected chi connectivity index (χ1v) is 9.29. The highest BCUT2D eigenvalue weighted by Gasteiger charge is 2.23. The molecule has 8 heteroatoms. The summed E-state index contributed by atoms with van der Waals surface area (Å²) in [5.41, 5.74) is 2.57. The number of H-pyrrole nitrogens is 1. The average Bonchev–Trinajstić information content (AvgIpc) is 2.72. The Kier molecular flexibility index (Phi) is 5.02. The summed E-state index contributed by atoms with van der Waals surface area (Å²) in [7, 11) is 1.50. The predicted molar refractivity (Wildman–Crippen MR) is 107 cm³/mol. The van der Waals surface area contributed by atoms with Crippen molar-refractivity contribution >= 4 is 10.9 Å². The van der Waals surface area contributed by atoms with E-state index >= 15 is 0 Å². The summed E-state index contributed by atoms with van der Waals surface area (Å²) in [4.78, 5) is 20.4. The van der Waals surface area contributed by atoms with Gasteiger partial charge in [0.05, 0.1) is 13.7 Å². The van der Waals surface area contributed by atoms with Gasteiger partial charge in [-0.2, -0.15) is 0 Å². The van der Waals surface area contributed by atoms with Gasteiger partial charge in [-0.15, -0.1) is 0 Å². The first-order chi connectivity index (χ1) is 14.0. The van der Waals surface area contributed by atoms with Crippen LogP contribution >= 0.6 is 0 Å². The minimum atomic E-state index is -0.324. The Morgan fingerprint density at radius 1 is 1.17 bits per heavy atom. The van der Waals surface area contributed by atoms with Crippen molar-refractivity contribution in [2.45, 2.75) is 13.8 Å². The molecule has 8 nitrogen and oxygen atoms in total. The van der Waals surface area contributed by atoms with Crippen LogP contribution in [0.15, 0.2) is 23.0 Å². The Bertz CT molecular complexity index is 1120. The number of hydrogen-bond acceptors (Lipinski definition) is 7. The number of methoxy groups -OCH3 is 1. The Labute approximate surface area is 167 Å². The Morgan fingerprint density at radius 2 is 1.90 bits per heavy atom. The average molecular weight is 398 g/mol. The molecule has 3 aromatic rings. The molecule has 1 aromatic heterocycles. The number of aliphatic hydroxyl groups excluding tert-OH is 1. The number of aromatic amines is 1. The summed E-state index contributed by atoms with van der Waals surface area (Å²) >= 11 is 0. The van der Waals surface area contributed by atoms with Crippen LogP contribution in [0.2, 0.25) is 0 Å². The SMILES string of the molecule is COc1cc2c(c3nc(-c4cc(C)c(OCCO)c(C)c4)[nH]c(=O)c13)OCCO2. The van der Waals surface area contributed by atoms with Crippen LogP contribution in [0.1, 0.15) is 11.1 Å². The first kappa shape index (κ1) is 19.1. The van der Waals surface area contributed by atoms with E-state index in [4.69, 9.17) is 24.1 Å². The second-order valence-electron chi connectivity index (χ2n) is 6.75. The summed E-state index contributed by atoms with van der Waals surface area (Å²) in [6, 6.07) is 5.41. The van der Waals surface area contributed by atoms with Gasteiger partial charge in [-0.05, 0) is 37.1 Å². The molecule has 0 amide bonds. The van der Waals surface area contributed by atoms with Crippen LogP contribution in [0.3, 0.4) is 0 Å². The molecular formula is C21H22N2O6. The summed E-state index contributed by atoms with van der Waals surface area (Å²) in [6.07, 6.45) is 0. The molecule has 4 rings (SSSR count). The van der Waals surface area contributed by atoms with E-state index in [1.165, 1.54) is 7.11 Å². The third kappa shape index (κ3) is 3.36. The summed E-state index contributed by atoms with van der Waals surface area (Å²) < 4.78 is 22.4. The smallest absolute Gasteiger partial charge is 0.262 e. The van der Waals surface area contributed by atoms with Gasteiger partial charge in [0.25, 0.3) is 5.56 Å². The van der Waals surface area contributed by atoms with Crippen LogP contribution in [0.4, 0.5) is 0 Å². The molecular weight excluding hydrogens is 376 g/mol. The lowest BCUT2D eigenvalue weighted by Crippen LogP contribution is -2.18. The van der Waals surface area contributed by atoms with Crippen LogP contribution in [0.25, 0.3) is 22.3 Å². The van der Waals surface area contributed by atoms with Gasteiger partial charge in [0.1, 0.15) is 48.0 Å². The fourth-order valence-corrected chi connectivity index (χ4v) is 3.54. The number of rotatable bonds is 5. The largest absolute Gasteiger partial charge is 0.496 e. The highest BCUT2D eigenvalue weighted by Crippen LogP contribution is 2.41. The standard InChI is InChI=1S/C21H22N2O6/c1-11-8-13(9-12(2)18(11)28-5-4-24)20-22-17-16(21(25)23-20)14(26-3)10-15-19(17)29-7-6-27-15/h8-10,24H,4-7H2,1-3H3,(H,22,23,25). The number of aryl methyl sites for hydroxylation is 2. The van der Waals surface area contributed by atoms with E-state index in [0.717, 1.165) is 16.7 Å². The van der Waals surface area contributed by atoms with Gasteiger partial charge in [-0.1, -0.05) is 0 Å². The second-order valence-corrected chi connectivity index (χ2v) is 6.75. The van der Waals surface area contributed by atoms with E-state index in [-0.39, 0.29) is 18.8 Å². The zero-order chi connectivity index (χ0) is 20.5. The van der Waals surface area contributed by atoms with Gasteiger partial charge in [0, 0.05) is 11.6 Å². The highest BCUT2D eigenvalue weighted by atomic mass is 16.6. The molecule has 0 saturated heterocycles. The number of ether oxygens (including phenoxy) is 4. The maximum atomic E-state index is 12.9. The van der Waals surface area contributed by atoms with Crippen molar-refractivity contribution in [3.63, 3.8) is 0 Å². The molecule has 29 heavy (non-hydrogen) atoms. The molecule has 0 unspecified atom stereocenters. The van der Waals surface area contributed by atoms with Crippen molar-refractivity contribution in [3.8, 4) is 34.4 Å². The molecule has 1 aliphatic rings. The van der Waals surface area contributed by atoms with E-state index in [1.54, 1.807) is 6.07 Å². The van der Waals surface area contributed by atoms with Gasteiger partial charge in [-0.25, -0.2) is 4.98 Å². The maximum Gasteiger partial charge on any atom is 0.262 e. The Balaban J connectivity index is 1.91. The number of nitrogens with zero attached hydrogens (tertiary/aromatic N) is 1. The fourth-order valence-electron chi connectivity index (χ4n) is 3.54. The molecule has 2 N–H and O–H groups in total. The van der Waals surface area contributed by atoms with E-state index < -0.39 is 0 Å². The molecule has 0 saturated carbocycles. The summed E-state index contributed by atoms with van der Waals surface area (Å²) in [5.74, 6) is 2.44. The molecule has 152 valence electrons. The maximum absolute atomic E-state index is 12.9. The summed E-state index contributed by atoms with van der Waals surface area (Å²) in [5, 5.41) is 9.32. The van der Waals surface area contributed by atoms with Crippen LogP contribution in [0.5, 0.6) is 23.0 Å². The van der Waals surface area contributed by atoms with Crippen LogP contribution in [0, 0.1) is 13.8 Å². The first-order valence-electron chi connectivity index (χ1n) is 9.29. The van der Waals surface area contributed by atoms with Crippen LogP contribution < -0.4 is 24.5 Å². The fraction of sp³-hybridized carbons (Fsp3) is 0.333. The van der Waals surface area contributed by atoms with Gasteiger partial charge in [0.15, 0.2) is 11.5 Å². The molecule has 2 aromatic carbocycles. The third-order valence-corrected chi connectivity index (χ3v) is 4.75. The number of nitrogens with one attached hydrogen (secondary N) is 1. The number of fused-ring (bicyclic) bond motifs is 3. The Hall–Kier alpha value is -3.26. The minimum Gasteiger partial charge on any atom is -0.496 e. The molecule has 0 spiro atoms. The summed E-state index contributed by atoms with van der Waals surface area (Å²) in [6.45, 7) is 4.78. The van der Waals surface area contributed by atoms with Crippen LogP contribution in [-0.4, -0.2) is 48.6 Å². The van der Waals surface area contributed by atoms with Crippen molar-refractivity contribution in [2.75, 3.05) is 33.5 Å². The Morgan fingerprint density at radius 3 is 2.59 bits per heavy atom. The monoisotopic (exact) mass is 398 g/mol. The molecule has 2 heterocycles. The quantitative estimate of drug-likeness (QED) is 0.680. The zero-order valence-corrected chi connectivity index (χ0v) is 16.5. The molecule has 0 bridgehead atoms. The number of aliphatic hydroxyl groups is 1. The van der Waals surface area contributed by atoms with E-state index in [2.05, 4.69) is 9.97 Å². The lowest BCUT2D eigenvalue weighted by molar-refractivity contribution is 0.173. The van der Waals surface area contributed by atoms with Crippen molar-refractivity contribution in [3.05, 3.63) is 39.7 Å². The predicted octanol–water partition coefficient (Wildman–Crippen LogP) is 2.36. The molecule has 0 atom stereocenters. The van der Waals surface area contributed by atoms with Crippen molar-refractivity contribution in [2.24, 2.45) is 0 Å². The molecule has 0 aliphatic carbocycles. The van der Waals surface area contributed by atoms with Crippen molar-refractivity contribution < 1.29 is 24.1 Å². The third-order valence-electron chi connectivity index (χ3n) is 4.75. The van der Waals surface area contributed by atoms with Crippen molar-refractivity contribution in [1.82, 2.24) is 9.97 Å². The molecule has 1 aliphatic heterocycles. The lowest BCUT2D eigenvalue weighted by atomic mass is 10.0. The number of aromatic nitrogens is 2. The zero-order valence-electron chi connectivity index (χ0n) is 16.5. The molecule has 0 fully saturated rings. The van der Waals surface area contributed by atoms with Gasteiger partial charge >= 0.3 is 0 Å². The van der Waals surface area contributed by atoms with E-state index in [1.807, 2.05) is 26.0 Å². The van der Waals surface area contributed by atoms with Crippen LogP contribution in [-0.2, 0) is 0 Å². The lowest BCUT2D eigenvalue weighted by Gasteiger charge is -2.21. The normalized spacial score (nSPS) is 12.8. The highest BCUT2D eigenvalue weighted by molar-refractivity contribution is 5.93. The van der Waals surface area contributed by atoms with Gasteiger partial charge in [-0.3, -0.25) is 4.79 Å².